The Kier molecular flexibility index (Phi) is 4.11. The maximum absolute atomic E-state index is 13.4. The molecule has 0 amide bonds. The van der Waals surface area contributed by atoms with Crippen molar-refractivity contribution in [3.05, 3.63) is 29.6 Å². The molecule has 4 heteroatoms. The summed E-state index contributed by atoms with van der Waals surface area (Å²) in [6.45, 7) is 5.78. The van der Waals surface area contributed by atoms with E-state index in [1.54, 1.807) is 13.2 Å². The second-order valence-electron chi connectivity index (χ2n) is 5.67. The van der Waals surface area contributed by atoms with Crippen LogP contribution in [0.4, 0.5) is 10.1 Å². The molecule has 1 fully saturated rings. The summed E-state index contributed by atoms with van der Waals surface area (Å²) < 4.78 is 19.0. The Bertz CT molecular complexity index is 450. The molecule has 0 spiro atoms. The maximum atomic E-state index is 13.4. The lowest BCUT2D eigenvalue weighted by molar-refractivity contribution is -0.00469. The Hall–Kier alpha value is -1.13. The van der Waals surface area contributed by atoms with Crippen molar-refractivity contribution in [2.24, 2.45) is 5.73 Å². The minimum Gasteiger partial charge on any atom is -0.377 e. The Labute approximate surface area is 114 Å². The van der Waals surface area contributed by atoms with Crippen molar-refractivity contribution in [1.82, 2.24) is 0 Å². The van der Waals surface area contributed by atoms with Gasteiger partial charge in [0, 0.05) is 31.9 Å². The zero-order valence-electron chi connectivity index (χ0n) is 11.9. The molecular formula is C15H23FN2O. The van der Waals surface area contributed by atoms with Crippen LogP contribution in [0, 0.1) is 5.82 Å². The summed E-state index contributed by atoms with van der Waals surface area (Å²) in [6.07, 6.45) is 2.12. The minimum atomic E-state index is -0.234. The smallest absolute Gasteiger partial charge is 0.123 e. The van der Waals surface area contributed by atoms with Gasteiger partial charge in [0.05, 0.1) is 5.60 Å². The molecule has 1 aliphatic rings. The Balaban J connectivity index is 2.31. The molecule has 0 radical (unpaired) electrons. The molecule has 19 heavy (non-hydrogen) atoms. The first kappa shape index (κ1) is 14.3. The molecule has 0 aliphatic carbocycles. The van der Waals surface area contributed by atoms with E-state index in [4.69, 9.17) is 10.5 Å². The van der Waals surface area contributed by atoms with E-state index >= 15 is 0 Å². The largest absolute Gasteiger partial charge is 0.377 e. The number of hydrogen-bond donors (Lipinski definition) is 1. The first-order chi connectivity index (χ1) is 8.95. The number of ether oxygens (including phenoxy) is 1. The Morgan fingerprint density at radius 2 is 2.21 bits per heavy atom. The molecule has 2 atom stereocenters. The van der Waals surface area contributed by atoms with E-state index in [1.807, 2.05) is 13.0 Å². The van der Waals surface area contributed by atoms with Gasteiger partial charge in [0.15, 0.2) is 0 Å². The molecule has 2 rings (SSSR count). The van der Waals surface area contributed by atoms with Crippen LogP contribution in [0.5, 0.6) is 0 Å². The third-order valence-electron chi connectivity index (χ3n) is 3.97. The summed E-state index contributed by atoms with van der Waals surface area (Å²) in [5, 5.41) is 0. The summed E-state index contributed by atoms with van der Waals surface area (Å²) in [4.78, 5) is 2.26. The van der Waals surface area contributed by atoms with Crippen LogP contribution in [0.2, 0.25) is 0 Å². The van der Waals surface area contributed by atoms with Gasteiger partial charge in [-0.1, -0.05) is 0 Å². The fraction of sp³-hybridized carbons (Fsp3) is 0.600. The van der Waals surface area contributed by atoms with Gasteiger partial charge in [0.2, 0.25) is 0 Å². The molecule has 1 aromatic rings. The standard InChI is InChI=1S/C15H23FN2O/c1-11(17)13-9-12(16)5-6-14(13)18-8-4-7-15(2,10-18)19-3/h5-6,9,11H,4,7-8,10,17H2,1-3H3. The van der Waals surface area contributed by atoms with E-state index in [-0.39, 0.29) is 17.5 Å². The van der Waals surface area contributed by atoms with Gasteiger partial charge in [-0.05, 0) is 50.5 Å². The van der Waals surface area contributed by atoms with Crippen molar-refractivity contribution >= 4 is 5.69 Å². The molecule has 106 valence electrons. The summed E-state index contributed by atoms with van der Waals surface area (Å²) in [5.74, 6) is -0.234. The topological polar surface area (TPSA) is 38.5 Å². The molecule has 2 N–H and O–H groups in total. The SMILES string of the molecule is COC1(C)CCCN(c2ccc(F)cc2C(C)N)C1. The van der Waals surface area contributed by atoms with Crippen LogP contribution in [0.25, 0.3) is 0 Å². The third-order valence-corrected chi connectivity index (χ3v) is 3.97. The second-order valence-corrected chi connectivity index (χ2v) is 5.67. The lowest BCUT2D eigenvalue weighted by Gasteiger charge is -2.41. The molecule has 1 heterocycles. The number of hydrogen-bond acceptors (Lipinski definition) is 3. The number of anilines is 1. The lowest BCUT2D eigenvalue weighted by atomic mass is 9.93. The molecule has 0 aromatic heterocycles. The molecule has 0 bridgehead atoms. The zero-order chi connectivity index (χ0) is 14.0. The van der Waals surface area contributed by atoms with Gasteiger partial charge >= 0.3 is 0 Å². The van der Waals surface area contributed by atoms with Crippen molar-refractivity contribution in [3.8, 4) is 0 Å². The van der Waals surface area contributed by atoms with Crippen LogP contribution in [-0.4, -0.2) is 25.8 Å². The van der Waals surface area contributed by atoms with Crippen LogP contribution in [-0.2, 0) is 4.74 Å². The predicted molar refractivity (Wildman–Crippen MR) is 75.9 cm³/mol. The normalized spacial score (nSPS) is 25.4. The van der Waals surface area contributed by atoms with Gasteiger partial charge in [-0.25, -0.2) is 4.39 Å². The van der Waals surface area contributed by atoms with Crippen molar-refractivity contribution in [2.75, 3.05) is 25.1 Å². The van der Waals surface area contributed by atoms with Crippen LogP contribution >= 0.6 is 0 Å². The highest BCUT2D eigenvalue weighted by Crippen LogP contribution is 2.32. The molecule has 3 nitrogen and oxygen atoms in total. The minimum absolute atomic E-state index is 0.137. The highest BCUT2D eigenvalue weighted by atomic mass is 19.1. The van der Waals surface area contributed by atoms with Gasteiger partial charge < -0.3 is 15.4 Å². The average Bonchev–Trinajstić information content (AvgIpc) is 2.38. The van der Waals surface area contributed by atoms with Gasteiger partial charge in [0.1, 0.15) is 5.82 Å². The van der Waals surface area contributed by atoms with E-state index in [1.165, 1.54) is 6.07 Å². The summed E-state index contributed by atoms with van der Waals surface area (Å²) >= 11 is 0. The van der Waals surface area contributed by atoms with Crippen LogP contribution in [0.1, 0.15) is 38.3 Å². The Morgan fingerprint density at radius 1 is 1.47 bits per heavy atom. The van der Waals surface area contributed by atoms with Crippen LogP contribution < -0.4 is 10.6 Å². The number of benzene rings is 1. The summed E-state index contributed by atoms with van der Waals surface area (Å²) in [7, 11) is 1.75. The highest BCUT2D eigenvalue weighted by molar-refractivity contribution is 5.55. The first-order valence-corrected chi connectivity index (χ1v) is 6.80. The predicted octanol–water partition coefficient (Wildman–Crippen LogP) is 2.85. The first-order valence-electron chi connectivity index (χ1n) is 6.80. The molecule has 0 saturated carbocycles. The quantitative estimate of drug-likeness (QED) is 0.914. The van der Waals surface area contributed by atoms with Gasteiger partial charge in [-0.2, -0.15) is 0 Å². The molecule has 1 saturated heterocycles. The number of halogens is 1. The average molecular weight is 266 g/mol. The van der Waals surface area contributed by atoms with Crippen molar-refractivity contribution < 1.29 is 9.13 Å². The fourth-order valence-electron chi connectivity index (χ4n) is 2.76. The molecule has 2 unspecified atom stereocenters. The highest BCUT2D eigenvalue weighted by Gasteiger charge is 2.31. The summed E-state index contributed by atoms with van der Waals surface area (Å²) in [6, 6.07) is 4.69. The number of nitrogens with two attached hydrogens (primary N) is 1. The maximum Gasteiger partial charge on any atom is 0.123 e. The number of nitrogens with zero attached hydrogens (tertiary/aromatic N) is 1. The molecule has 1 aromatic carbocycles. The van der Waals surface area contributed by atoms with Crippen LogP contribution in [0.3, 0.4) is 0 Å². The Morgan fingerprint density at radius 3 is 2.84 bits per heavy atom. The fourth-order valence-corrected chi connectivity index (χ4v) is 2.76. The second kappa shape index (κ2) is 5.47. The van der Waals surface area contributed by atoms with Crippen molar-refractivity contribution in [2.45, 2.75) is 38.3 Å². The van der Waals surface area contributed by atoms with Crippen molar-refractivity contribution in [1.29, 1.82) is 0 Å². The van der Waals surface area contributed by atoms with Crippen LogP contribution in [0.15, 0.2) is 18.2 Å². The van der Waals surface area contributed by atoms with E-state index < -0.39 is 0 Å². The number of piperidine rings is 1. The lowest BCUT2D eigenvalue weighted by Crippen LogP contribution is -2.47. The van der Waals surface area contributed by atoms with E-state index in [9.17, 15) is 4.39 Å². The number of rotatable bonds is 3. The van der Waals surface area contributed by atoms with E-state index in [2.05, 4.69) is 11.8 Å². The van der Waals surface area contributed by atoms with Gasteiger partial charge in [-0.3, -0.25) is 0 Å². The zero-order valence-corrected chi connectivity index (χ0v) is 11.9. The van der Waals surface area contributed by atoms with Gasteiger partial charge in [0.25, 0.3) is 0 Å². The third kappa shape index (κ3) is 3.07. The summed E-state index contributed by atoms with van der Waals surface area (Å²) in [5.41, 5.74) is 7.72. The van der Waals surface area contributed by atoms with Gasteiger partial charge in [-0.15, -0.1) is 0 Å². The van der Waals surface area contributed by atoms with E-state index in [0.29, 0.717) is 0 Å². The van der Waals surface area contributed by atoms with Crippen molar-refractivity contribution in [3.63, 3.8) is 0 Å². The number of methoxy groups -OCH3 is 1. The molecule has 1 aliphatic heterocycles. The van der Waals surface area contributed by atoms with E-state index in [0.717, 1.165) is 37.2 Å². The molecular weight excluding hydrogens is 243 g/mol. The monoisotopic (exact) mass is 266 g/mol.